The van der Waals surface area contributed by atoms with Gasteiger partial charge in [0.15, 0.2) is 5.78 Å². The zero-order chi connectivity index (χ0) is 20.9. The second-order valence-electron chi connectivity index (χ2n) is 8.73. The summed E-state index contributed by atoms with van der Waals surface area (Å²) in [5.41, 5.74) is 3.27. The van der Waals surface area contributed by atoms with Gasteiger partial charge in [0.25, 0.3) is 0 Å². The molecule has 1 atom stereocenters. The number of nitrogens with zero attached hydrogens (tertiary/aromatic N) is 1. The molecule has 29 heavy (non-hydrogen) atoms. The van der Waals surface area contributed by atoms with Gasteiger partial charge in [-0.1, -0.05) is 43.6 Å². The standard InChI is InChI=1S/C24H23ClFNO2/c1-14-18(25)8-5-9-19(14)27-20-12-24(2,3)13-21(28)23(20)17(11-22(27)29)15-6-4-7-16(26)10-15/h4-10,17H,11-13H2,1-3H3. The molecule has 0 bridgehead atoms. The molecule has 1 aliphatic heterocycles. The fourth-order valence-electron chi connectivity index (χ4n) is 4.54. The van der Waals surface area contributed by atoms with E-state index in [1.165, 1.54) is 12.1 Å². The van der Waals surface area contributed by atoms with Crippen molar-refractivity contribution in [3.63, 3.8) is 0 Å². The Morgan fingerprint density at radius 3 is 2.55 bits per heavy atom. The molecule has 2 aromatic carbocycles. The summed E-state index contributed by atoms with van der Waals surface area (Å²) in [5, 5.41) is 0.575. The first-order chi connectivity index (χ1) is 13.7. The summed E-state index contributed by atoms with van der Waals surface area (Å²) >= 11 is 6.32. The predicted octanol–water partition coefficient (Wildman–Crippen LogP) is 5.95. The van der Waals surface area contributed by atoms with Gasteiger partial charge in [0.1, 0.15) is 5.82 Å². The minimum Gasteiger partial charge on any atom is -0.294 e. The highest BCUT2D eigenvalue weighted by Crippen LogP contribution is 2.48. The average molecular weight is 412 g/mol. The summed E-state index contributed by atoms with van der Waals surface area (Å²) in [4.78, 5) is 28.2. The lowest BCUT2D eigenvalue weighted by Gasteiger charge is -2.43. The molecule has 0 saturated carbocycles. The minimum absolute atomic E-state index is 0.0303. The van der Waals surface area contributed by atoms with Gasteiger partial charge in [-0.2, -0.15) is 0 Å². The molecule has 1 heterocycles. The van der Waals surface area contributed by atoms with Gasteiger partial charge in [-0.3, -0.25) is 14.5 Å². The maximum absolute atomic E-state index is 13.9. The van der Waals surface area contributed by atoms with Crippen LogP contribution in [0.5, 0.6) is 0 Å². The zero-order valence-electron chi connectivity index (χ0n) is 16.8. The molecule has 2 aliphatic rings. The number of amides is 1. The molecule has 5 heteroatoms. The van der Waals surface area contributed by atoms with Crippen molar-refractivity contribution in [2.75, 3.05) is 4.90 Å². The van der Waals surface area contributed by atoms with Gasteiger partial charge in [0, 0.05) is 35.1 Å². The van der Waals surface area contributed by atoms with Crippen molar-refractivity contribution < 1.29 is 14.0 Å². The molecule has 0 fully saturated rings. The second-order valence-corrected chi connectivity index (χ2v) is 9.13. The zero-order valence-corrected chi connectivity index (χ0v) is 17.5. The number of hydrogen-bond donors (Lipinski definition) is 0. The lowest BCUT2D eigenvalue weighted by molar-refractivity contribution is -0.121. The van der Waals surface area contributed by atoms with Crippen molar-refractivity contribution in [3.05, 3.63) is 75.7 Å². The van der Waals surface area contributed by atoms with E-state index in [1.54, 1.807) is 23.1 Å². The quantitative estimate of drug-likeness (QED) is 0.612. The summed E-state index contributed by atoms with van der Waals surface area (Å²) in [6.07, 6.45) is 1.13. The molecule has 1 aliphatic carbocycles. The van der Waals surface area contributed by atoms with Crippen LogP contribution < -0.4 is 4.90 Å². The Hall–Kier alpha value is -2.46. The molecule has 1 unspecified atom stereocenters. The topological polar surface area (TPSA) is 37.4 Å². The van der Waals surface area contributed by atoms with Gasteiger partial charge in [-0.25, -0.2) is 4.39 Å². The highest BCUT2D eigenvalue weighted by atomic mass is 35.5. The Balaban J connectivity index is 1.94. The molecular formula is C24H23ClFNO2. The number of carbonyl (C=O) groups excluding carboxylic acids is 2. The number of carbonyl (C=O) groups is 2. The lowest BCUT2D eigenvalue weighted by atomic mass is 9.69. The average Bonchev–Trinajstić information content (AvgIpc) is 2.63. The summed E-state index contributed by atoms with van der Waals surface area (Å²) in [6.45, 7) is 5.95. The van der Waals surface area contributed by atoms with Crippen LogP contribution in [0.4, 0.5) is 10.1 Å². The van der Waals surface area contributed by atoms with E-state index in [4.69, 9.17) is 11.6 Å². The van der Waals surface area contributed by atoms with Crippen LogP contribution in [-0.4, -0.2) is 11.7 Å². The van der Waals surface area contributed by atoms with Crippen LogP contribution in [-0.2, 0) is 9.59 Å². The summed E-state index contributed by atoms with van der Waals surface area (Å²) in [5.74, 6) is -0.863. The monoisotopic (exact) mass is 411 g/mol. The molecular weight excluding hydrogens is 389 g/mol. The van der Waals surface area contributed by atoms with Gasteiger partial charge in [-0.05, 0) is 54.2 Å². The van der Waals surface area contributed by atoms with Gasteiger partial charge in [-0.15, -0.1) is 0 Å². The van der Waals surface area contributed by atoms with Gasteiger partial charge in [0.2, 0.25) is 5.91 Å². The highest BCUT2D eigenvalue weighted by Gasteiger charge is 2.44. The van der Waals surface area contributed by atoms with Crippen molar-refractivity contribution >= 4 is 29.0 Å². The fraction of sp³-hybridized carbons (Fsp3) is 0.333. The maximum atomic E-state index is 13.9. The van der Waals surface area contributed by atoms with Crippen LogP contribution in [0.15, 0.2) is 53.7 Å². The van der Waals surface area contributed by atoms with Crippen molar-refractivity contribution in [1.29, 1.82) is 0 Å². The lowest BCUT2D eigenvalue weighted by Crippen LogP contribution is -2.44. The van der Waals surface area contributed by atoms with Crippen LogP contribution in [0.3, 0.4) is 0 Å². The van der Waals surface area contributed by atoms with Crippen molar-refractivity contribution in [1.82, 2.24) is 0 Å². The highest BCUT2D eigenvalue weighted by molar-refractivity contribution is 6.31. The number of anilines is 1. The molecule has 0 N–H and O–H groups in total. The molecule has 1 amide bonds. The third kappa shape index (κ3) is 3.51. The van der Waals surface area contributed by atoms with Crippen LogP contribution in [0.2, 0.25) is 5.02 Å². The first-order valence-corrected chi connectivity index (χ1v) is 10.2. The number of hydrogen-bond acceptors (Lipinski definition) is 2. The molecule has 0 saturated heterocycles. The molecule has 3 nitrogen and oxygen atoms in total. The summed E-state index contributed by atoms with van der Waals surface area (Å²) < 4.78 is 13.9. The van der Waals surface area contributed by atoms with Crippen LogP contribution >= 0.6 is 11.6 Å². The first kappa shape index (κ1) is 19.8. The third-order valence-electron chi connectivity index (χ3n) is 5.87. The van der Waals surface area contributed by atoms with Crippen molar-refractivity contribution in [2.24, 2.45) is 5.41 Å². The van der Waals surface area contributed by atoms with Gasteiger partial charge in [0.05, 0.1) is 5.69 Å². The molecule has 0 spiro atoms. The largest absolute Gasteiger partial charge is 0.294 e. The molecule has 4 rings (SSSR count). The van der Waals surface area contributed by atoms with Crippen molar-refractivity contribution in [2.45, 2.75) is 46.0 Å². The Morgan fingerprint density at radius 2 is 1.83 bits per heavy atom. The SMILES string of the molecule is Cc1c(Cl)cccc1N1C(=O)CC(c2cccc(F)c2)C2=C1CC(C)(C)CC2=O. The minimum atomic E-state index is -0.424. The van der Waals surface area contributed by atoms with Crippen LogP contribution in [0.25, 0.3) is 0 Å². The number of halogens is 2. The molecule has 150 valence electrons. The normalized spacial score (nSPS) is 21.4. The van der Waals surface area contributed by atoms with E-state index in [0.717, 1.165) is 11.3 Å². The Morgan fingerprint density at radius 1 is 1.10 bits per heavy atom. The third-order valence-corrected chi connectivity index (χ3v) is 6.28. The number of benzene rings is 2. The predicted molar refractivity (Wildman–Crippen MR) is 112 cm³/mol. The Kier molecular flexibility index (Phi) is 4.86. The number of rotatable bonds is 2. The van der Waals surface area contributed by atoms with E-state index >= 15 is 0 Å². The molecule has 0 radical (unpaired) electrons. The Bertz CT molecular complexity index is 1060. The van der Waals surface area contributed by atoms with E-state index < -0.39 is 5.92 Å². The summed E-state index contributed by atoms with van der Waals surface area (Å²) in [6, 6.07) is 11.7. The van der Waals surface area contributed by atoms with E-state index in [0.29, 0.717) is 34.7 Å². The fourth-order valence-corrected chi connectivity index (χ4v) is 4.71. The van der Waals surface area contributed by atoms with E-state index in [1.807, 2.05) is 32.9 Å². The number of Topliss-reactive ketones (excluding diaryl/α,β-unsaturated/α-hetero) is 1. The van der Waals surface area contributed by atoms with E-state index in [9.17, 15) is 14.0 Å². The van der Waals surface area contributed by atoms with E-state index in [2.05, 4.69) is 0 Å². The summed E-state index contributed by atoms with van der Waals surface area (Å²) in [7, 11) is 0. The molecule has 2 aromatic rings. The van der Waals surface area contributed by atoms with Crippen LogP contribution in [0.1, 0.15) is 50.2 Å². The van der Waals surface area contributed by atoms with Gasteiger partial charge >= 0.3 is 0 Å². The van der Waals surface area contributed by atoms with Gasteiger partial charge < -0.3 is 0 Å². The second kappa shape index (κ2) is 7.10. The first-order valence-electron chi connectivity index (χ1n) is 9.78. The molecule has 0 aromatic heterocycles. The van der Waals surface area contributed by atoms with E-state index in [-0.39, 0.29) is 29.3 Å². The number of allylic oxidation sites excluding steroid dienone is 2. The smallest absolute Gasteiger partial charge is 0.232 e. The van der Waals surface area contributed by atoms with Crippen LogP contribution in [0, 0.1) is 18.2 Å². The van der Waals surface area contributed by atoms with Crippen molar-refractivity contribution in [3.8, 4) is 0 Å². The maximum Gasteiger partial charge on any atom is 0.232 e. The Labute approximate surface area is 175 Å². The number of ketones is 1.